The Morgan fingerprint density at radius 1 is 1.52 bits per heavy atom. The smallest absolute Gasteiger partial charge is 0.335 e. The average molecular weight is 364 g/mol. The number of benzene rings is 1. The van der Waals surface area contributed by atoms with Gasteiger partial charge in [0.05, 0.1) is 23.3 Å². The number of nitrogens with one attached hydrogen (secondary N) is 1. The average Bonchev–Trinajstić information content (AvgIpc) is 2.52. The highest BCUT2D eigenvalue weighted by atomic mass is 35.5. The van der Waals surface area contributed by atoms with E-state index in [1.165, 1.54) is 12.1 Å². The Bertz CT molecular complexity index is 678. The Kier molecular flexibility index (Phi) is 5.99. The molecule has 23 heavy (non-hydrogen) atoms. The molecule has 2 unspecified atom stereocenters. The molecule has 1 saturated heterocycles. The van der Waals surface area contributed by atoms with E-state index in [9.17, 15) is 13.2 Å². The first kappa shape index (κ1) is 18.2. The fourth-order valence-corrected chi connectivity index (χ4v) is 4.03. The number of ether oxygens (including phenoxy) is 2. The van der Waals surface area contributed by atoms with Crippen molar-refractivity contribution in [2.24, 2.45) is 5.92 Å². The van der Waals surface area contributed by atoms with Gasteiger partial charge < -0.3 is 14.6 Å². The summed E-state index contributed by atoms with van der Waals surface area (Å²) in [4.78, 5) is 10.7. The lowest BCUT2D eigenvalue weighted by atomic mass is 9.98. The van der Waals surface area contributed by atoms with E-state index < -0.39 is 16.0 Å². The Hall–Kier alpha value is -1.19. The quantitative estimate of drug-likeness (QED) is 0.791. The molecule has 0 bridgehead atoms. The first-order valence-corrected chi connectivity index (χ1v) is 8.84. The van der Waals surface area contributed by atoms with Crippen LogP contribution in [0, 0.1) is 5.92 Å². The molecular weight excluding hydrogens is 346 g/mol. The number of aromatic carboxylic acids is 1. The number of carboxylic acid groups (broad SMARTS) is 1. The second-order valence-electron chi connectivity index (χ2n) is 5.20. The van der Waals surface area contributed by atoms with Crippen molar-refractivity contribution in [2.75, 3.05) is 26.9 Å². The molecule has 0 radical (unpaired) electrons. The maximum Gasteiger partial charge on any atom is 0.335 e. The summed E-state index contributed by atoms with van der Waals surface area (Å²) in [5.41, 5.74) is -0.0715. The Morgan fingerprint density at radius 2 is 2.26 bits per heavy atom. The van der Waals surface area contributed by atoms with Crippen molar-refractivity contribution in [3.63, 3.8) is 0 Å². The lowest BCUT2D eigenvalue weighted by molar-refractivity contribution is -0.0633. The number of sulfonamides is 1. The van der Waals surface area contributed by atoms with Crippen molar-refractivity contribution in [1.82, 2.24) is 4.72 Å². The minimum atomic E-state index is -3.84. The Labute approximate surface area is 139 Å². The molecule has 1 aromatic rings. The van der Waals surface area contributed by atoms with Crippen LogP contribution in [0.2, 0.25) is 5.02 Å². The fourth-order valence-electron chi connectivity index (χ4n) is 2.40. The van der Waals surface area contributed by atoms with Gasteiger partial charge in [0, 0.05) is 26.2 Å². The van der Waals surface area contributed by atoms with Crippen LogP contribution in [0.3, 0.4) is 0 Å². The molecule has 0 aromatic heterocycles. The number of hydrogen-bond acceptors (Lipinski definition) is 5. The van der Waals surface area contributed by atoms with E-state index in [2.05, 4.69) is 4.72 Å². The van der Waals surface area contributed by atoms with E-state index in [1.807, 2.05) is 0 Å². The van der Waals surface area contributed by atoms with Gasteiger partial charge in [-0.1, -0.05) is 11.6 Å². The van der Waals surface area contributed by atoms with Crippen LogP contribution in [0.5, 0.6) is 0 Å². The van der Waals surface area contributed by atoms with E-state index in [4.69, 9.17) is 26.2 Å². The van der Waals surface area contributed by atoms with Crippen LogP contribution in [0.4, 0.5) is 0 Å². The molecule has 2 N–H and O–H groups in total. The first-order valence-electron chi connectivity index (χ1n) is 6.98. The van der Waals surface area contributed by atoms with Crippen molar-refractivity contribution in [3.8, 4) is 0 Å². The number of hydrogen-bond donors (Lipinski definition) is 2. The van der Waals surface area contributed by atoms with Gasteiger partial charge in [0.15, 0.2) is 0 Å². The topological polar surface area (TPSA) is 102 Å². The molecular formula is C14H18ClNO6S. The molecule has 1 fully saturated rings. The van der Waals surface area contributed by atoms with Gasteiger partial charge in [-0.15, -0.1) is 0 Å². The van der Waals surface area contributed by atoms with Crippen molar-refractivity contribution in [2.45, 2.75) is 17.4 Å². The maximum absolute atomic E-state index is 12.4. The van der Waals surface area contributed by atoms with Gasteiger partial charge in [0.2, 0.25) is 10.0 Å². The predicted molar refractivity (Wildman–Crippen MR) is 83.3 cm³/mol. The van der Waals surface area contributed by atoms with E-state index in [0.29, 0.717) is 19.6 Å². The maximum atomic E-state index is 12.4. The van der Waals surface area contributed by atoms with E-state index in [1.54, 1.807) is 7.11 Å². The Morgan fingerprint density at radius 3 is 2.87 bits per heavy atom. The minimum absolute atomic E-state index is 0.000549. The van der Waals surface area contributed by atoms with Crippen LogP contribution in [0.15, 0.2) is 23.1 Å². The highest BCUT2D eigenvalue weighted by molar-refractivity contribution is 7.89. The second-order valence-corrected chi connectivity index (χ2v) is 7.34. The molecule has 2 rings (SSSR count). The molecule has 0 saturated carbocycles. The summed E-state index contributed by atoms with van der Waals surface area (Å²) >= 11 is 5.91. The normalized spacial score (nSPS) is 22.0. The molecule has 9 heteroatoms. The van der Waals surface area contributed by atoms with Crippen LogP contribution < -0.4 is 4.72 Å². The van der Waals surface area contributed by atoms with Gasteiger partial charge in [-0.3, -0.25) is 0 Å². The molecule has 1 aliphatic heterocycles. The summed E-state index contributed by atoms with van der Waals surface area (Å²) < 4.78 is 37.8. The molecule has 0 amide bonds. The lowest BCUT2D eigenvalue weighted by Gasteiger charge is -2.30. The molecule has 2 atom stereocenters. The zero-order valence-corrected chi connectivity index (χ0v) is 14.1. The van der Waals surface area contributed by atoms with Crippen molar-refractivity contribution >= 4 is 27.6 Å². The summed E-state index contributed by atoms with van der Waals surface area (Å²) in [6.07, 6.45) is 0.517. The fraction of sp³-hybridized carbons (Fsp3) is 0.500. The lowest BCUT2D eigenvalue weighted by Crippen LogP contribution is -2.41. The van der Waals surface area contributed by atoms with Crippen molar-refractivity contribution in [3.05, 3.63) is 28.8 Å². The van der Waals surface area contributed by atoms with Gasteiger partial charge in [-0.05, 0) is 24.6 Å². The summed E-state index contributed by atoms with van der Waals surface area (Å²) in [7, 11) is -2.28. The summed E-state index contributed by atoms with van der Waals surface area (Å²) in [5, 5.41) is 8.75. The number of carboxylic acids is 1. The summed E-state index contributed by atoms with van der Waals surface area (Å²) in [6, 6.07) is 3.51. The molecule has 0 spiro atoms. The van der Waals surface area contributed by atoms with E-state index >= 15 is 0 Å². The van der Waals surface area contributed by atoms with Gasteiger partial charge in [-0.2, -0.15) is 0 Å². The minimum Gasteiger partial charge on any atom is -0.478 e. The first-order chi connectivity index (χ1) is 10.8. The number of carbonyl (C=O) groups is 1. The SMILES string of the molecule is COC1COCCC1CNS(=O)(=O)c1ccc(C(=O)O)cc1Cl. The largest absolute Gasteiger partial charge is 0.478 e. The van der Waals surface area contributed by atoms with Gasteiger partial charge >= 0.3 is 5.97 Å². The zero-order valence-electron chi connectivity index (χ0n) is 12.5. The highest BCUT2D eigenvalue weighted by Crippen LogP contribution is 2.24. The predicted octanol–water partition coefficient (Wildman–Crippen LogP) is 1.37. The molecule has 128 valence electrons. The Balaban J connectivity index is 2.11. The highest BCUT2D eigenvalue weighted by Gasteiger charge is 2.28. The van der Waals surface area contributed by atoms with Crippen molar-refractivity contribution in [1.29, 1.82) is 0 Å². The third kappa shape index (κ3) is 4.42. The third-order valence-corrected chi connectivity index (χ3v) is 5.65. The van der Waals surface area contributed by atoms with Gasteiger partial charge in [0.25, 0.3) is 0 Å². The van der Waals surface area contributed by atoms with Crippen LogP contribution in [-0.2, 0) is 19.5 Å². The molecule has 1 aromatic carbocycles. The number of halogens is 1. The van der Waals surface area contributed by atoms with Crippen LogP contribution in [-0.4, -0.2) is 52.5 Å². The standard InChI is InChI=1S/C14H18ClNO6S/c1-21-12-8-22-5-4-10(12)7-16-23(19,20)13-3-2-9(14(17)18)6-11(13)15/h2-3,6,10,12,16H,4-5,7-8H2,1H3,(H,17,18). The third-order valence-electron chi connectivity index (χ3n) is 3.75. The monoisotopic (exact) mass is 363 g/mol. The van der Waals surface area contributed by atoms with Gasteiger partial charge in [0.1, 0.15) is 4.90 Å². The van der Waals surface area contributed by atoms with Crippen molar-refractivity contribution < 1.29 is 27.8 Å². The van der Waals surface area contributed by atoms with Crippen LogP contribution in [0.1, 0.15) is 16.8 Å². The van der Waals surface area contributed by atoms with Gasteiger partial charge in [-0.25, -0.2) is 17.9 Å². The van der Waals surface area contributed by atoms with E-state index in [-0.39, 0.29) is 34.0 Å². The molecule has 0 aliphatic carbocycles. The zero-order chi connectivity index (χ0) is 17.0. The van der Waals surface area contributed by atoms with E-state index in [0.717, 1.165) is 6.07 Å². The van der Waals surface area contributed by atoms with Crippen LogP contribution >= 0.6 is 11.6 Å². The number of methoxy groups -OCH3 is 1. The molecule has 7 nitrogen and oxygen atoms in total. The summed E-state index contributed by atoms with van der Waals surface area (Å²) in [5.74, 6) is -1.17. The molecule has 1 aliphatic rings. The van der Waals surface area contributed by atoms with Crippen LogP contribution in [0.25, 0.3) is 0 Å². The number of rotatable bonds is 6. The molecule has 1 heterocycles. The second kappa shape index (κ2) is 7.59. The summed E-state index contributed by atoms with van der Waals surface area (Å²) in [6.45, 7) is 1.18.